The van der Waals surface area contributed by atoms with Crippen LogP contribution < -0.4 is 14.8 Å². The van der Waals surface area contributed by atoms with Gasteiger partial charge in [0, 0.05) is 42.8 Å². The molecule has 0 saturated carbocycles. The van der Waals surface area contributed by atoms with Crippen LogP contribution in [0.4, 0.5) is 0 Å². The van der Waals surface area contributed by atoms with Crippen molar-refractivity contribution in [2.45, 2.75) is 13.1 Å². The number of fused-ring (bicyclic) bond motifs is 1. The number of rotatable bonds is 6. The van der Waals surface area contributed by atoms with Gasteiger partial charge in [-0.3, -0.25) is 4.98 Å². The molecule has 0 aliphatic carbocycles. The first-order valence-electron chi connectivity index (χ1n) is 9.50. The molecule has 4 aromatic rings. The van der Waals surface area contributed by atoms with E-state index in [1.807, 2.05) is 65.5 Å². The van der Waals surface area contributed by atoms with E-state index >= 15 is 0 Å². The number of hydrogen-bond donors (Lipinski definition) is 1. The molecule has 0 bridgehead atoms. The second-order valence-electron chi connectivity index (χ2n) is 6.82. The molecule has 6 heteroatoms. The molecule has 6 nitrogen and oxygen atoms in total. The Morgan fingerprint density at radius 1 is 0.931 bits per heavy atom. The summed E-state index contributed by atoms with van der Waals surface area (Å²) in [7, 11) is 0. The van der Waals surface area contributed by atoms with E-state index in [2.05, 4.69) is 22.6 Å². The maximum absolute atomic E-state index is 5.55. The molecule has 0 saturated heterocycles. The first-order chi connectivity index (χ1) is 14.4. The van der Waals surface area contributed by atoms with Gasteiger partial charge in [0.25, 0.3) is 0 Å². The number of nitrogens with zero attached hydrogens (tertiary/aromatic N) is 3. The third-order valence-electron chi connectivity index (χ3n) is 4.82. The van der Waals surface area contributed by atoms with Crippen LogP contribution >= 0.6 is 0 Å². The first-order valence-corrected chi connectivity index (χ1v) is 9.50. The van der Waals surface area contributed by atoms with E-state index in [4.69, 9.17) is 14.6 Å². The topological polar surface area (TPSA) is 61.2 Å². The van der Waals surface area contributed by atoms with Gasteiger partial charge in [-0.05, 0) is 42.0 Å². The standard InChI is InChI=1S/C23H20N4O2/c1-2-6-20(7-3-1)27-15-19(14-25-13-17-5-4-10-24-12-17)23(26-27)18-8-9-21-22(11-18)29-16-28-21/h1-12,15,25H,13-14,16H2. The fourth-order valence-corrected chi connectivity index (χ4v) is 3.38. The summed E-state index contributed by atoms with van der Waals surface area (Å²) >= 11 is 0. The zero-order chi connectivity index (χ0) is 19.5. The molecule has 1 N–H and O–H groups in total. The van der Waals surface area contributed by atoms with Crippen LogP contribution in [0.15, 0.2) is 79.3 Å². The van der Waals surface area contributed by atoms with E-state index < -0.39 is 0 Å². The van der Waals surface area contributed by atoms with Crippen LogP contribution in [0.3, 0.4) is 0 Å². The van der Waals surface area contributed by atoms with Crippen molar-refractivity contribution in [3.8, 4) is 28.4 Å². The predicted molar refractivity (Wildman–Crippen MR) is 110 cm³/mol. The van der Waals surface area contributed by atoms with E-state index in [1.165, 1.54) is 0 Å². The average Bonchev–Trinajstić information content (AvgIpc) is 3.42. The molecular formula is C23H20N4O2. The molecule has 0 amide bonds. The largest absolute Gasteiger partial charge is 0.454 e. The molecule has 5 rings (SSSR count). The Morgan fingerprint density at radius 3 is 2.69 bits per heavy atom. The van der Waals surface area contributed by atoms with Crippen molar-refractivity contribution in [3.63, 3.8) is 0 Å². The Kier molecular flexibility index (Phi) is 4.68. The predicted octanol–water partition coefficient (Wildman–Crippen LogP) is 3.95. The molecule has 2 aromatic carbocycles. The summed E-state index contributed by atoms with van der Waals surface area (Å²) in [5.74, 6) is 1.53. The normalized spacial score (nSPS) is 12.3. The monoisotopic (exact) mass is 384 g/mol. The third kappa shape index (κ3) is 3.70. The summed E-state index contributed by atoms with van der Waals surface area (Å²) in [5.41, 5.74) is 5.20. The van der Waals surface area contributed by atoms with Crippen LogP contribution in [-0.4, -0.2) is 21.6 Å². The third-order valence-corrected chi connectivity index (χ3v) is 4.82. The van der Waals surface area contributed by atoms with E-state index in [0.29, 0.717) is 6.54 Å². The molecule has 0 unspecified atom stereocenters. The van der Waals surface area contributed by atoms with Crippen LogP contribution in [0.25, 0.3) is 16.9 Å². The van der Waals surface area contributed by atoms with E-state index in [0.717, 1.165) is 46.1 Å². The lowest BCUT2D eigenvalue weighted by molar-refractivity contribution is 0.174. The summed E-state index contributed by atoms with van der Waals surface area (Å²) in [5, 5.41) is 8.37. The SMILES string of the molecule is c1ccc(-n2cc(CNCc3cccnc3)c(-c3ccc4c(c3)OCO4)n2)cc1. The second kappa shape index (κ2) is 7.77. The van der Waals surface area contributed by atoms with Gasteiger partial charge in [-0.15, -0.1) is 0 Å². The Morgan fingerprint density at radius 2 is 1.83 bits per heavy atom. The molecule has 0 radical (unpaired) electrons. The van der Waals surface area contributed by atoms with Crippen LogP contribution in [-0.2, 0) is 13.1 Å². The zero-order valence-corrected chi connectivity index (χ0v) is 15.8. The fourth-order valence-electron chi connectivity index (χ4n) is 3.38. The molecule has 0 spiro atoms. The Labute approximate surface area is 168 Å². The van der Waals surface area contributed by atoms with Crippen molar-refractivity contribution >= 4 is 0 Å². The van der Waals surface area contributed by atoms with Crippen molar-refractivity contribution in [1.82, 2.24) is 20.1 Å². The van der Waals surface area contributed by atoms with Gasteiger partial charge in [0.2, 0.25) is 6.79 Å². The van der Waals surface area contributed by atoms with Gasteiger partial charge >= 0.3 is 0 Å². The summed E-state index contributed by atoms with van der Waals surface area (Å²) in [6, 6.07) is 20.1. The van der Waals surface area contributed by atoms with Gasteiger partial charge < -0.3 is 14.8 Å². The molecular weight excluding hydrogens is 364 g/mol. The van der Waals surface area contributed by atoms with Gasteiger partial charge in [-0.1, -0.05) is 24.3 Å². The summed E-state index contributed by atoms with van der Waals surface area (Å²) in [6.07, 6.45) is 5.73. The highest BCUT2D eigenvalue weighted by atomic mass is 16.7. The smallest absolute Gasteiger partial charge is 0.231 e. The van der Waals surface area contributed by atoms with Crippen LogP contribution in [0, 0.1) is 0 Å². The molecule has 1 aliphatic rings. The lowest BCUT2D eigenvalue weighted by atomic mass is 10.1. The van der Waals surface area contributed by atoms with Crippen molar-refractivity contribution in [2.24, 2.45) is 0 Å². The number of aromatic nitrogens is 3. The maximum Gasteiger partial charge on any atom is 0.231 e. The molecule has 2 aromatic heterocycles. The molecule has 3 heterocycles. The maximum atomic E-state index is 5.55. The first kappa shape index (κ1) is 17.5. The average molecular weight is 384 g/mol. The van der Waals surface area contributed by atoms with Crippen LogP contribution in [0.5, 0.6) is 11.5 Å². The number of para-hydroxylation sites is 1. The van der Waals surface area contributed by atoms with Crippen LogP contribution in [0.1, 0.15) is 11.1 Å². The molecule has 0 atom stereocenters. The van der Waals surface area contributed by atoms with Gasteiger partial charge in [-0.25, -0.2) is 4.68 Å². The van der Waals surface area contributed by atoms with E-state index in [1.54, 1.807) is 6.20 Å². The number of hydrogen-bond acceptors (Lipinski definition) is 5. The number of pyridine rings is 1. The fraction of sp³-hybridized carbons (Fsp3) is 0.130. The van der Waals surface area contributed by atoms with Gasteiger partial charge in [0.05, 0.1) is 11.4 Å². The Balaban J connectivity index is 1.46. The number of ether oxygens (including phenoxy) is 2. The minimum Gasteiger partial charge on any atom is -0.454 e. The van der Waals surface area contributed by atoms with Crippen molar-refractivity contribution in [1.29, 1.82) is 0 Å². The zero-order valence-electron chi connectivity index (χ0n) is 15.8. The molecule has 144 valence electrons. The summed E-state index contributed by atoms with van der Waals surface area (Å²) in [4.78, 5) is 4.17. The molecule has 1 aliphatic heterocycles. The Hall–Kier alpha value is -3.64. The second-order valence-corrected chi connectivity index (χ2v) is 6.82. The lowest BCUT2D eigenvalue weighted by Crippen LogP contribution is -2.13. The van der Waals surface area contributed by atoms with Crippen molar-refractivity contribution in [3.05, 3.63) is 90.4 Å². The van der Waals surface area contributed by atoms with E-state index in [-0.39, 0.29) is 6.79 Å². The summed E-state index contributed by atoms with van der Waals surface area (Å²) < 4.78 is 12.9. The van der Waals surface area contributed by atoms with Crippen LogP contribution in [0.2, 0.25) is 0 Å². The van der Waals surface area contributed by atoms with Gasteiger partial charge in [-0.2, -0.15) is 5.10 Å². The van der Waals surface area contributed by atoms with E-state index in [9.17, 15) is 0 Å². The minimum atomic E-state index is 0.261. The quantitative estimate of drug-likeness (QED) is 0.545. The van der Waals surface area contributed by atoms with Gasteiger partial charge in [0.15, 0.2) is 11.5 Å². The number of benzene rings is 2. The van der Waals surface area contributed by atoms with Gasteiger partial charge in [0.1, 0.15) is 0 Å². The molecule has 29 heavy (non-hydrogen) atoms. The van der Waals surface area contributed by atoms with Crippen molar-refractivity contribution < 1.29 is 9.47 Å². The Bertz CT molecular complexity index is 1110. The minimum absolute atomic E-state index is 0.261. The highest BCUT2D eigenvalue weighted by molar-refractivity contribution is 5.67. The number of nitrogens with one attached hydrogen (secondary N) is 1. The van der Waals surface area contributed by atoms with Crippen molar-refractivity contribution in [2.75, 3.05) is 6.79 Å². The lowest BCUT2D eigenvalue weighted by Gasteiger charge is -2.06. The molecule has 0 fully saturated rings. The highest BCUT2D eigenvalue weighted by Gasteiger charge is 2.18. The summed E-state index contributed by atoms with van der Waals surface area (Å²) in [6.45, 7) is 1.69. The highest BCUT2D eigenvalue weighted by Crippen LogP contribution is 2.36.